The Labute approximate surface area is 106 Å². The van der Waals surface area contributed by atoms with Crippen molar-refractivity contribution < 1.29 is 14.7 Å². The van der Waals surface area contributed by atoms with E-state index in [0.29, 0.717) is 13.0 Å². The maximum Gasteiger partial charge on any atom is 0.335 e. The molecule has 0 fully saturated rings. The molecule has 0 aromatic heterocycles. The van der Waals surface area contributed by atoms with Crippen LogP contribution in [0.3, 0.4) is 0 Å². The van der Waals surface area contributed by atoms with Crippen molar-refractivity contribution in [2.75, 3.05) is 11.4 Å². The molecule has 1 aromatic rings. The third kappa shape index (κ3) is 2.37. The number of rotatable bonds is 5. The molecule has 0 unspecified atom stereocenters. The van der Waals surface area contributed by atoms with Crippen LogP contribution in [0.15, 0.2) is 18.2 Å². The molecule has 1 aliphatic heterocycles. The summed E-state index contributed by atoms with van der Waals surface area (Å²) in [7, 11) is 0. The molecule has 1 N–H and O–H groups in total. The zero-order valence-electron chi connectivity index (χ0n) is 10.5. The molecule has 0 atom stereocenters. The molecular weight excluding hydrogens is 230 g/mol. The summed E-state index contributed by atoms with van der Waals surface area (Å²) < 4.78 is 0. The first-order valence-electron chi connectivity index (χ1n) is 6.30. The third-order valence-corrected chi connectivity index (χ3v) is 3.25. The number of carbonyl (C=O) groups excluding carboxylic acids is 1. The van der Waals surface area contributed by atoms with Crippen molar-refractivity contribution in [1.82, 2.24) is 0 Å². The highest BCUT2D eigenvalue weighted by Gasteiger charge is 2.27. The molecule has 18 heavy (non-hydrogen) atoms. The summed E-state index contributed by atoms with van der Waals surface area (Å²) in [6, 6.07) is 4.91. The van der Waals surface area contributed by atoms with E-state index in [1.165, 1.54) is 0 Å². The van der Waals surface area contributed by atoms with Crippen LogP contribution in [0.5, 0.6) is 0 Å². The van der Waals surface area contributed by atoms with Crippen LogP contribution in [0.1, 0.15) is 42.1 Å². The van der Waals surface area contributed by atoms with Gasteiger partial charge in [-0.1, -0.05) is 25.8 Å². The van der Waals surface area contributed by atoms with Crippen LogP contribution in [-0.4, -0.2) is 23.5 Å². The summed E-state index contributed by atoms with van der Waals surface area (Å²) in [4.78, 5) is 24.6. The predicted octanol–water partition coefficient (Wildman–Crippen LogP) is 2.46. The lowest BCUT2D eigenvalue weighted by Gasteiger charge is -2.17. The van der Waals surface area contributed by atoms with E-state index in [1.54, 1.807) is 23.1 Å². The summed E-state index contributed by atoms with van der Waals surface area (Å²) in [5.74, 6) is -0.880. The summed E-state index contributed by atoms with van der Waals surface area (Å²) in [5.41, 5.74) is 1.95. The number of aromatic carboxylic acids is 1. The van der Waals surface area contributed by atoms with Crippen molar-refractivity contribution in [3.8, 4) is 0 Å². The fraction of sp³-hybridized carbons (Fsp3) is 0.429. The Morgan fingerprint density at radius 1 is 1.39 bits per heavy atom. The molecule has 0 saturated heterocycles. The van der Waals surface area contributed by atoms with E-state index in [1.807, 2.05) is 0 Å². The number of amides is 1. The highest BCUT2D eigenvalue weighted by molar-refractivity contribution is 6.03. The standard InChI is InChI=1S/C14H17NO3/c1-2-3-4-7-15-12-8-11(14(17)18)6-5-10(12)9-13(15)16/h5-6,8H,2-4,7,9H2,1H3,(H,17,18). The number of unbranched alkanes of at least 4 members (excludes halogenated alkanes) is 2. The van der Waals surface area contributed by atoms with Gasteiger partial charge in [0.15, 0.2) is 0 Å². The Balaban J connectivity index is 2.22. The van der Waals surface area contributed by atoms with Gasteiger partial charge in [-0.2, -0.15) is 0 Å². The van der Waals surface area contributed by atoms with Gasteiger partial charge in [0.25, 0.3) is 0 Å². The van der Waals surface area contributed by atoms with Crippen molar-refractivity contribution in [1.29, 1.82) is 0 Å². The van der Waals surface area contributed by atoms with Crippen molar-refractivity contribution in [3.05, 3.63) is 29.3 Å². The van der Waals surface area contributed by atoms with E-state index in [4.69, 9.17) is 5.11 Å². The minimum absolute atomic E-state index is 0.0728. The zero-order valence-corrected chi connectivity index (χ0v) is 10.5. The minimum atomic E-state index is -0.953. The molecule has 0 radical (unpaired) electrons. The quantitative estimate of drug-likeness (QED) is 0.813. The highest BCUT2D eigenvalue weighted by atomic mass is 16.4. The Bertz CT molecular complexity index is 482. The lowest BCUT2D eigenvalue weighted by Crippen LogP contribution is -2.27. The molecule has 1 aromatic carbocycles. The van der Waals surface area contributed by atoms with Gasteiger partial charge in [-0.05, 0) is 24.1 Å². The van der Waals surface area contributed by atoms with Crippen molar-refractivity contribution in [2.45, 2.75) is 32.6 Å². The molecule has 0 bridgehead atoms. The number of anilines is 1. The van der Waals surface area contributed by atoms with E-state index < -0.39 is 5.97 Å². The van der Waals surface area contributed by atoms with Gasteiger partial charge in [0.2, 0.25) is 5.91 Å². The molecule has 0 saturated carbocycles. The van der Waals surface area contributed by atoms with E-state index >= 15 is 0 Å². The predicted molar refractivity (Wildman–Crippen MR) is 69.0 cm³/mol. The SMILES string of the molecule is CCCCCN1C(=O)Cc2ccc(C(=O)O)cc21. The molecule has 0 spiro atoms. The molecule has 0 aliphatic carbocycles. The van der Waals surface area contributed by atoms with Crippen LogP contribution in [0, 0.1) is 0 Å². The van der Waals surface area contributed by atoms with Gasteiger partial charge in [-0.15, -0.1) is 0 Å². The van der Waals surface area contributed by atoms with Gasteiger partial charge in [0.05, 0.1) is 12.0 Å². The van der Waals surface area contributed by atoms with Crippen molar-refractivity contribution >= 4 is 17.6 Å². The van der Waals surface area contributed by atoms with Gasteiger partial charge in [-0.25, -0.2) is 4.79 Å². The van der Waals surface area contributed by atoms with Crippen molar-refractivity contribution in [3.63, 3.8) is 0 Å². The molecule has 1 heterocycles. The largest absolute Gasteiger partial charge is 0.478 e. The van der Waals surface area contributed by atoms with E-state index in [-0.39, 0.29) is 11.5 Å². The fourth-order valence-electron chi connectivity index (χ4n) is 2.26. The number of carboxylic acids is 1. The summed E-state index contributed by atoms with van der Waals surface area (Å²) in [5, 5.41) is 8.98. The summed E-state index contributed by atoms with van der Waals surface area (Å²) >= 11 is 0. The Morgan fingerprint density at radius 2 is 2.17 bits per heavy atom. The van der Waals surface area contributed by atoms with Crippen LogP contribution in [0.2, 0.25) is 0 Å². The Hall–Kier alpha value is -1.84. The number of benzene rings is 1. The molecule has 4 heteroatoms. The fourth-order valence-corrected chi connectivity index (χ4v) is 2.26. The van der Waals surface area contributed by atoms with Gasteiger partial charge in [0.1, 0.15) is 0 Å². The molecule has 1 amide bonds. The van der Waals surface area contributed by atoms with Crippen LogP contribution in [0.25, 0.3) is 0 Å². The first kappa shape index (κ1) is 12.6. The number of hydrogen-bond donors (Lipinski definition) is 1. The van der Waals surface area contributed by atoms with Crippen LogP contribution in [0.4, 0.5) is 5.69 Å². The average Bonchev–Trinajstić information content (AvgIpc) is 2.65. The molecule has 96 valence electrons. The molecule has 4 nitrogen and oxygen atoms in total. The normalized spacial score (nSPS) is 13.8. The van der Waals surface area contributed by atoms with Crippen LogP contribution < -0.4 is 4.90 Å². The van der Waals surface area contributed by atoms with Gasteiger partial charge < -0.3 is 10.0 Å². The zero-order chi connectivity index (χ0) is 13.1. The first-order chi connectivity index (χ1) is 8.63. The smallest absolute Gasteiger partial charge is 0.335 e. The number of nitrogens with zero attached hydrogens (tertiary/aromatic N) is 1. The number of hydrogen-bond acceptors (Lipinski definition) is 2. The van der Waals surface area contributed by atoms with Gasteiger partial charge in [-0.3, -0.25) is 4.79 Å². The van der Waals surface area contributed by atoms with E-state index in [9.17, 15) is 9.59 Å². The van der Waals surface area contributed by atoms with E-state index in [2.05, 4.69) is 6.92 Å². The average molecular weight is 247 g/mol. The maximum atomic E-state index is 11.9. The third-order valence-electron chi connectivity index (χ3n) is 3.25. The maximum absolute atomic E-state index is 11.9. The molecular formula is C14H17NO3. The van der Waals surface area contributed by atoms with Crippen LogP contribution >= 0.6 is 0 Å². The number of carboxylic acid groups (broad SMARTS) is 1. The highest BCUT2D eigenvalue weighted by Crippen LogP contribution is 2.30. The first-order valence-corrected chi connectivity index (χ1v) is 6.30. The van der Waals surface area contributed by atoms with Gasteiger partial charge in [0, 0.05) is 12.2 Å². The van der Waals surface area contributed by atoms with E-state index in [0.717, 1.165) is 30.5 Å². The van der Waals surface area contributed by atoms with Crippen molar-refractivity contribution in [2.24, 2.45) is 0 Å². The second kappa shape index (κ2) is 5.21. The lowest BCUT2D eigenvalue weighted by atomic mass is 10.1. The minimum Gasteiger partial charge on any atom is -0.478 e. The summed E-state index contributed by atoms with van der Waals surface area (Å²) in [6.45, 7) is 2.80. The number of carbonyl (C=O) groups is 2. The topological polar surface area (TPSA) is 57.6 Å². The monoisotopic (exact) mass is 247 g/mol. The lowest BCUT2D eigenvalue weighted by molar-refractivity contribution is -0.117. The molecule has 1 aliphatic rings. The summed E-state index contributed by atoms with van der Waals surface area (Å²) in [6.07, 6.45) is 3.53. The Kier molecular flexibility index (Phi) is 3.65. The molecule has 2 rings (SSSR count). The number of fused-ring (bicyclic) bond motifs is 1. The van der Waals surface area contributed by atoms with Gasteiger partial charge >= 0.3 is 5.97 Å². The second-order valence-corrected chi connectivity index (χ2v) is 4.58. The second-order valence-electron chi connectivity index (χ2n) is 4.58. The van der Waals surface area contributed by atoms with Crippen LogP contribution in [-0.2, 0) is 11.2 Å². The Morgan fingerprint density at radius 3 is 2.83 bits per heavy atom.